The first kappa shape index (κ1) is 29.9. The van der Waals surface area contributed by atoms with Gasteiger partial charge in [-0.2, -0.15) is 0 Å². The number of rotatable bonds is 14. The van der Waals surface area contributed by atoms with Crippen LogP contribution in [0.4, 0.5) is 0 Å². The summed E-state index contributed by atoms with van der Waals surface area (Å²) in [7, 11) is 3.13. The van der Waals surface area contributed by atoms with Gasteiger partial charge in [0, 0.05) is 44.9 Å². The highest BCUT2D eigenvalue weighted by Gasteiger charge is 2.39. The molecular formula is C28H44N4O6. The minimum absolute atomic E-state index is 0.0207. The number of carbonyl (C=O) groups excluding carboxylic acids is 3. The summed E-state index contributed by atoms with van der Waals surface area (Å²) in [4.78, 5) is 41.2. The predicted molar refractivity (Wildman–Crippen MR) is 144 cm³/mol. The lowest BCUT2D eigenvalue weighted by Gasteiger charge is -2.33. The summed E-state index contributed by atoms with van der Waals surface area (Å²) in [5.74, 6) is -0.0721. The lowest BCUT2D eigenvalue weighted by molar-refractivity contribution is -0.139. The third-order valence-electron chi connectivity index (χ3n) is 7.07. The van der Waals surface area contributed by atoms with Crippen LogP contribution in [0.5, 0.6) is 5.75 Å². The summed E-state index contributed by atoms with van der Waals surface area (Å²) in [6, 6.07) is 5.21. The smallest absolute Gasteiger partial charge is 0.251 e. The maximum absolute atomic E-state index is 13.7. The summed E-state index contributed by atoms with van der Waals surface area (Å²) in [5.41, 5.74) is 1.29. The molecule has 0 spiro atoms. The van der Waals surface area contributed by atoms with E-state index in [2.05, 4.69) is 29.8 Å². The molecule has 3 atom stereocenters. The summed E-state index contributed by atoms with van der Waals surface area (Å²) >= 11 is 0. The molecule has 4 N–H and O–H groups in total. The Morgan fingerprint density at radius 3 is 2.50 bits per heavy atom. The van der Waals surface area contributed by atoms with E-state index in [-0.39, 0.29) is 48.2 Å². The van der Waals surface area contributed by atoms with Crippen LogP contribution in [0.2, 0.25) is 0 Å². The zero-order valence-electron chi connectivity index (χ0n) is 23.1. The standard InChI is InChI=1S/C28H44N4O6/c1-18(2)9-23(17-33)31-27(35)21-12-22(15-29-14-21)28(36)32(24-5-6-24)16-19-10-20(13-25(11-19)38-4)26(34)30-7-8-37-3/h10-11,13,18,21-24,29,33H,5-9,12,14-17H2,1-4H3,(H,30,34)(H,31,35)/t21-,22+,23?/m0/s1. The van der Waals surface area contributed by atoms with Gasteiger partial charge in [-0.3, -0.25) is 14.4 Å². The lowest BCUT2D eigenvalue weighted by Crippen LogP contribution is -2.51. The number of hydrogen-bond donors (Lipinski definition) is 4. The second-order valence-electron chi connectivity index (χ2n) is 10.8. The topological polar surface area (TPSA) is 129 Å². The minimum atomic E-state index is -0.334. The SMILES string of the molecule is COCCNC(=O)c1cc(CN(C(=O)[C@H]2CNC[C@@H](C(=O)NC(CO)CC(C)C)C2)C2CC2)cc(OC)c1. The van der Waals surface area contributed by atoms with Crippen LogP contribution in [0.3, 0.4) is 0 Å². The van der Waals surface area contributed by atoms with Crippen molar-refractivity contribution in [1.29, 1.82) is 0 Å². The molecule has 212 valence electrons. The van der Waals surface area contributed by atoms with Gasteiger partial charge in [0.1, 0.15) is 5.75 Å². The predicted octanol–water partition coefficient (Wildman–Crippen LogP) is 1.31. The number of methoxy groups -OCH3 is 2. The van der Waals surface area contributed by atoms with Gasteiger partial charge >= 0.3 is 0 Å². The zero-order chi connectivity index (χ0) is 27.7. The second-order valence-corrected chi connectivity index (χ2v) is 10.8. The number of nitrogens with zero attached hydrogens (tertiary/aromatic N) is 1. The Morgan fingerprint density at radius 1 is 1.13 bits per heavy atom. The zero-order valence-corrected chi connectivity index (χ0v) is 23.1. The van der Waals surface area contributed by atoms with Crippen LogP contribution in [0, 0.1) is 17.8 Å². The van der Waals surface area contributed by atoms with Crippen LogP contribution < -0.4 is 20.7 Å². The molecule has 1 aliphatic heterocycles. The van der Waals surface area contributed by atoms with Crippen molar-refractivity contribution in [2.24, 2.45) is 17.8 Å². The van der Waals surface area contributed by atoms with E-state index in [4.69, 9.17) is 9.47 Å². The molecule has 0 aromatic heterocycles. The number of carbonyl (C=O) groups is 3. The van der Waals surface area contributed by atoms with E-state index in [0.29, 0.717) is 62.9 Å². The van der Waals surface area contributed by atoms with Gasteiger partial charge in [-0.1, -0.05) is 13.8 Å². The maximum Gasteiger partial charge on any atom is 0.251 e. The van der Waals surface area contributed by atoms with E-state index >= 15 is 0 Å². The van der Waals surface area contributed by atoms with Crippen LogP contribution in [0.1, 0.15) is 55.5 Å². The largest absolute Gasteiger partial charge is 0.497 e. The quantitative estimate of drug-likeness (QED) is 0.266. The molecule has 1 saturated heterocycles. The molecule has 38 heavy (non-hydrogen) atoms. The molecule has 1 aromatic carbocycles. The molecule has 1 unspecified atom stereocenters. The van der Waals surface area contributed by atoms with Crippen molar-refractivity contribution in [1.82, 2.24) is 20.9 Å². The van der Waals surface area contributed by atoms with Crippen molar-refractivity contribution in [3.63, 3.8) is 0 Å². The van der Waals surface area contributed by atoms with Gasteiger partial charge in [-0.15, -0.1) is 0 Å². The number of ether oxygens (including phenoxy) is 2. The number of benzene rings is 1. The number of aliphatic hydroxyl groups is 1. The Morgan fingerprint density at radius 2 is 1.87 bits per heavy atom. The fraction of sp³-hybridized carbons (Fsp3) is 0.679. The van der Waals surface area contributed by atoms with E-state index in [0.717, 1.165) is 18.4 Å². The highest BCUT2D eigenvalue weighted by Crippen LogP contribution is 2.32. The third-order valence-corrected chi connectivity index (χ3v) is 7.07. The van der Waals surface area contributed by atoms with Crippen molar-refractivity contribution < 1.29 is 29.0 Å². The fourth-order valence-corrected chi connectivity index (χ4v) is 4.97. The average molecular weight is 533 g/mol. The fourth-order valence-electron chi connectivity index (χ4n) is 4.97. The van der Waals surface area contributed by atoms with E-state index < -0.39 is 0 Å². The lowest BCUT2D eigenvalue weighted by atomic mass is 9.88. The molecule has 10 nitrogen and oxygen atoms in total. The van der Waals surface area contributed by atoms with Crippen molar-refractivity contribution in [3.05, 3.63) is 29.3 Å². The Balaban J connectivity index is 1.68. The molecule has 10 heteroatoms. The van der Waals surface area contributed by atoms with Gasteiger partial charge in [-0.05, 0) is 55.4 Å². The number of hydrogen-bond acceptors (Lipinski definition) is 7. The summed E-state index contributed by atoms with van der Waals surface area (Å²) in [6.45, 7) is 6.22. The normalized spacial score (nSPS) is 20.1. The second kappa shape index (κ2) is 14.5. The van der Waals surface area contributed by atoms with Crippen LogP contribution in [0.25, 0.3) is 0 Å². The van der Waals surface area contributed by atoms with E-state index in [1.807, 2.05) is 11.0 Å². The van der Waals surface area contributed by atoms with Gasteiger partial charge in [0.15, 0.2) is 0 Å². The van der Waals surface area contributed by atoms with Crippen LogP contribution in [-0.4, -0.2) is 86.9 Å². The van der Waals surface area contributed by atoms with E-state index in [9.17, 15) is 19.5 Å². The van der Waals surface area contributed by atoms with Gasteiger partial charge in [0.05, 0.1) is 38.2 Å². The Hall–Kier alpha value is -2.69. The van der Waals surface area contributed by atoms with Gasteiger partial charge in [0.25, 0.3) is 5.91 Å². The first-order valence-corrected chi connectivity index (χ1v) is 13.6. The molecular weight excluding hydrogens is 488 g/mol. The van der Waals surface area contributed by atoms with Crippen LogP contribution in [0.15, 0.2) is 18.2 Å². The minimum Gasteiger partial charge on any atom is -0.497 e. The maximum atomic E-state index is 13.7. The molecule has 2 fully saturated rings. The highest BCUT2D eigenvalue weighted by molar-refractivity contribution is 5.94. The molecule has 1 saturated carbocycles. The number of amides is 3. The molecule has 0 bridgehead atoms. The van der Waals surface area contributed by atoms with Gasteiger partial charge < -0.3 is 35.4 Å². The number of aliphatic hydroxyl groups excluding tert-OH is 1. The molecule has 0 radical (unpaired) electrons. The molecule has 1 heterocycles. The van der Waals surface area contributed by atoms with E-state index in [1.54, 1.807) is 26.4 Å². The average Bonchev–Trinajstić information content (AvgIpc) is 3.76. The molecule has 3 rings (SSSR count). The summed E-state index contributed by atoms with van der Waals surface area (Å²) in [5, 5.41) is 18.7. The monoisotopic (exact) mass is 532 g/mol. The van der Waals surface area contributed by atoms with Gasteiger partial charge in [0.2, 0.25) is 11.8 Å². The Bertz CT molecular complexity index is 951. The molecule has 1 aromatic rings. The van der Waals surface area contributed by atoms with Crippen molar-refractivity contribution in [2.75, 3.05) is 47.1 Å². The Labute approximate surface area is 225 Å². The highest BCUT2D eigenvalue weighted by atomic mass is 16.5. The Kier molecular flexibility index (Phi) is 11.4. The van der Waals surface area contributed by atoms with Gasteiger partial charge in [-0.25, -0.2) is 0 Å². The summed E-state index contributed by atoms with van der Waals surface area (Å²) < 4.78 is 10.4. The number of piperidine rings is 1. The molecule has 2 aliphatic rings. The number of nitrogens with one attached hydrogen (secondary N) is 3. The third kappa shape index (κ3) is 8.68. The van der Waals surface area contributed by atoms with Crippen molar-refractivity contribution in [3.8, 4) is 5.75 Å². The van der Waals surface area contributed by atoms with Crippen LogP contribution in [-0.2, 0) is 20.9 Å². The van der Waals surface area contributed by atoms with Crippen molar-refractivity contribution in [2.45, 2.75) is 58.2 Å². The van der Waals surface area contributed by atoms with Crippen molar-refractivity contribution >= 4 is 17.7 Å². The first-order chi connectivity index (χ1) is 18.2. The van der Waals surface area contributed by atoms with Crippen LogP contribution >= 0.6 is 0 Å². The molecule has 1 aliphatic carbocycles. The molecule has 3 amide bonds. The first-order valence-electron chi connectivity index (χ1n) is 13.6. The summed E-state index contributed by atoms with van der Waals surface area (Å²) in [6.07, 6.45) is 3.05. The van der Waals surface area contributed by atoms with E-state index in [1.165, 1.54) is 0 Å².